The van der Waals surface area contributed by atoms with Crippen molar-refractivity contribution < 1.29 is 14.3 Å². The summed E-state index contributed by atoms with van der Waals surface area (Å²) >= 11 is 1.76. The predicted molar refractivity (Wildman–Crippen MR) is 72.1 cm³/mol. The van der Waals surface area contributed by atoms with Crippen LogP contribution in [-0.4, -0.2) is 37.3 Å². The first-order valence-electron chi connectivity index (χ1n) is 5.77. The highest BCUT2D eigenvalue weighted by Gasteiger charge is 2.29. The van der Waals surface area contributed by atoms with E-state index in [-0.39, 0.29) is 11.3 Å². The zero-order valence-electron chi connectivity index (χ0n) is 10.8. The van der Waals surface area contributed by atoms with Gasteiger partial charge in [-0.2, -0.15) is 0 Å². The van der Waals surface area contributed by atoms with Crippen LogP contribution in [0.4, 0.5) is 0 Å². The second kappa shape index (κ2) is 5.52. The van der Waals surface area contributed by atoms with Crippen LogP contribution in [0.2, 0.25) is 0 Å². The number of hydrogen-bond donors (Lipinski definition) is 0. The molecule has 5 heteroatoms. The highest BCUT2D eigenvalue weighted by molar-refractivity contribution is 7.99. The van der Waals surface area contributed by atoms with Gasteiger partial charge in [-0.05, 0) is 17.7 Å². The molecule has 0 aromatic heterocycles. The predicted octanol–water partition coefficient (Wildman–Crippen LogP) is 2.30. The summed E-state index contributed by atoms with van der Waals surface area (Å²) in [5.41, 5.74) is 1.05. The summed E-state index contributed by atoms with van der Waals surface area (Å²) in [6, 6.07) is 5.75. The molecule has 2 rings (SSSR count). The van der Waals surface area contributed by atoms with Crippen LogP contribution in [0.15, 0.2) is 18.2 Å². The van der Waals surface area contributed by atoms with Gasteiger partial charge in [0.1, 0.15) is 16.9 Å². The fourth-order valence-corrected chi connectivity index (χ4v) is 3.33. The Labute approximate surface area is 111 Å². The standard InChI is InChI=1S/C13H17NO3S/c1-9(15)14-4-5-18-13(14)10-6-11(16-2)8-12(7-10)17-3/h6-8,13H,4-5H2,1-3H3. The van der Waals surface area contributed by atoms with Crippen LogP contribution in [0, 0.1) is 0 Å². The molecule has 1 saturated heterocycles. The van der Waals surface area contributed by atoms with Crippen molar-refractivity contribution >= 4 is 17.7 Å². The van der Waals surface area contributed by atoms with Crippen molar-refractivity contribution in [1.29, 1.82) is 0 Å². The molecule has 1 aromatic rings. The number of amides is 1. The number of methoxy groups -OCH3 is 2. The molecule has 1 unspecified atom stereocenters. The lowest BCUT2D eigenvalue weighted by Crippen LogP contribution is -2.27. The Kier molecular flexibility index (Phi) is 4.01. The first-order valence-corrected chi connectivity index (χ1v) is 6.82. The molecule has 0 radical (unpaired) electrons. The first-order chi connectivity index (χ1) is 8.65. The largest absolute Gasteiger partial charge is 0.497 e. The van der Waals surface area contributed by atoms with Crippen molar-refractivity contribution in [2.45, 2.75) is 12.3 Å². The average molecular weight is 267 g/mol. The zero-order chi connectivity index (χ0) is 13.1. The molecule has 1 aromatic carbocycles. The van der Waals surface area contributed by atoms with Gasteiger partial charge in [0.25, 0.3) is 0 Å². The molecule has 1 aliphatic heterocycles. The Hall–Kier alpha value is -1.36. The van der Waals surface area contributed by atoms with Gasteiger partial charge in [-0.15, -0.1) is 11.8 Å². The smallest absolute Gasteiger partial charge is 0.220 e. The summed E-state index contributed by atoms with van der Waals surface area (Å²) in [6.07, 6.45) is 0. The van der Waals surface area contributed by atoms with Crippen molar-refractivity contribution in [1.82, 2.24) is 4.90 Å². The van der Waals surface area contributed by atoms with E-state index in [4.69, 9.17) is 9.47 Å². The maximum atomic E-state index is 11.6. The third-order valence-electron chi connectivity index (χ3n) is 2.95. The van der Waals surface area contributed by atoms with Gasteiger partial charge >= 0.3 is 0 Å². The van der Waals surface area contributed by atoms with E-state index in [1.54, 1.807) is 32.9 Å². The molecule has 0 aliphatic carbocycles. The SMILES string of the molecule is COc1cc(OC)cc(C2SCCN2C(C)=O)c1. The number of hydrogen-bond acceptors (Lipinski definition) is 4. The molecule has 1 aliphatic rings. The van der Waals surface area contributed by atoms with E-state index in [0.29, 0.717) is 0 Å². The minimum absolute atomic E-state index is 0.0616. The number of rotatable bonds is 3. The third kappa shape index (κ3) is 2.56. The monoisotopic (exact) mass is 267 g/mol. The third-order valence-corrected chi connectivity index (χ3v) is 4.22. The van der Waals surface area contributed by atoms with Crippen LogP contribution in [0.1, 0.15) is 17.9 Å². The number of carbonyl (C=O) groups excluding carboxylic acids is 1. The molecule has 1 atom stereocenters. The molecule has 18 heavy (non-hydrogen) atoms. The van der Waals surface area contributed by atoms with Crippen LogP contribution in [0.3, 0.4) is 0 Å². The Morgan fingerprint density at radius 3 is 2.39 bits per heavy atom. The van der Waals surface area contributed by atoms with E-state index in [2.05, 4.69) is 0 Å². The minimum atomic E-state index is 0.0616. The van der Waals surface area contributed by atoms with Gasteiger partial charge in [0.2, 0.25) is 5.91 Å². The van der Waals surface area contributed by atoms with E-state index >= 15 is 0 Å². The van der Waals surface area contributed by atoms with Crippen LogP contribution >= 0.6 is 11.8 Å². The fraction of sp³-hybridized carbons (Fsp3) is 0.462. The maximum absolute atomic E-state index is 11.6. The molecule has 1 amide bonds. The molecule has 1 heterocycles. The molecule has 0 spiro atoms. The Morgan fingerprint density at radius 2 is 1.89 bits per heavy atom. The van der Waals surface area contributed by atoms with Crippen LogP contribution in [0.5, 0.6) is 11.5 Å². The summed E-state index contributed by atoms with van der Waals surface area (Å²) in [6.45, 7) is 2.40. The lowest BCUT2D eigenvalue weighted by atomic mass is 10.2. The summed E-state index contributed by atoms with van der Waals surface area (Å²) in [5, 5.41) is 0.0616. The summed E-state index contributed by atoms with van der Waals surface area (Å²) in [7, 11) is 3.26. The molecule has 0 bridgehead atoms. The van der Waals surface area contributed by atoms with E-state index in [9.17, 15) is 4.79 Å². The maximum Gasteiger partial charge on any atom is 0.220 e. The van der Waals surface area contributed by atoms with Gasteiger partial charge in [-0.25, -0.2) is 0 Å². The van der Waals surface area contributed by atoms with Crippen molar-refractivity contribution in [3.05, 3.63) is 23.8 Å². The van der Waals surface area contributed by atoms with Crippen molar-refractivity contribution in [2.24, 2.45) is 0 Å². The second-order valence-electron chi connectivity index (χ2n) is 4.08. The summed E-state index contributed by atoms with van der Waals surface area (Å²) in [5.74, 6) is 2.57. The Morgan fingerprint density at radius 1 is 1.28 bits per heavy atom. The lowest BCUT2D eigenvalue weighted by Gasteiger charge is -2.23. The van der Waals surface area contributed by atoms with Crippen molar-refractivity contribution in [3.8, 4) is 11.5 Å². The van der Waals surface area contributed by atoms with E-state index < -0.39 is 0 Å². The summed E-state index contributed by atoms with van der Waals surface area (Å²) in [4.78, 5) is 13.5. The number of carbonyl (C=O) groups is 1. The first kappa shape index (κ1) is 13.1. The number of nitrogens with zero attached hydrogens (tertiary/aromatic N) is 1. The highest BCUT2D eigenvalue weighted by atomic mass is 32.2. The molecule has 0 saturated carbocycles. The van der Waals surface area contributed by atoms with Crippen LogP contribution < -0.4 is 9.47 Å². The topological polar surface area (TPSA) is 38.8 Å². The Bertz CT molecular complexity index is 428. The molecule has 0 N–H and O–H groups in total. The number of benzene rings is 1. The quantitative estimate of drug-likeness (QED) is 0.842. The minimum Gasteiger partial charge on any atom is -0.497 e. The molecule has 98 valence electrons. The van der Waals surface area contributed by atoms with E-state index in [0.717, 1.165) is 29.4 Å². The summed E-state index contributed by atoms with van der Waals surface area (Å²) < 4.78 is 10.5. The van der Waals surface area contributed by atoms with E-state index in [1.165, 1.54) is 0 Å². The normalized spacial score (nSPS) is 18.8. The second-order valence-corrected chi connectivity index (χ2v) is 5.27. The van der Waals surface area contributed by atoms with Gasteiger partial charge in [-0.1, -0.05) is 0 Å². The molecule has 4 nitrogen and oxygen atoms in total. The lowest BCUT2D eigenvalue weighted by molar-refractivity contribution is -0.128. The van der Waals surface area contributed by atoms with Gasteiger partial charge < -0.3 is 14.4 Å². The number of ether oxygens (including phenoxy) is 2. The van der Waals surface area contributed by atoms with Gasteiger partial charge in [0.05, 0.1) is 14.2 Å². The van der Waals surface area contributed by atoms with Crippen LogP contribution in [0.25, 0.3) is 0 Å². The molecular weight excluding hydrogens is 250 g/mol. The highest BCUT2D eigenvalue weighted by Crippen LogP contribution is 2.40. The van der Waals surface area contributed by atoms with E-state index in [1.807, 2.05) is 23.1 Å². The average Bonchev–Trinajstić information content (AvgIpc) is 2.87. The van der Waals surface area contributed by atoms with Gasteiger partial charge in [-0.3, -0.25) is 4.79 Å². The van der Waals surface area contributed by atoms with Gasteiger partial charge in [0.15, 0.2) is 0 Å². The van der Waals surface area contributed by atoms with Crippen LogP contribution in [-0.2, 0) is 4.79 Å². The zero-order valence-corrected chi connectivity index (χ0v) is 11.6. The number of thioether (sulfide) groups is 1. The molecule has 1 fully saturated rings. The Balaban J connectivity index is 2.34. The van der Waals surface area contributed by atoms with Crippen molar-refractivity contribution in [2.75, 3.05) is 26.5 Å². The van der Waals surface area contributed by atoms with Gasteiger partial charge in [0, 0.05) is 25.3 Å². The van der Waals surface area contributed by atoms with Crippen molar-refractivity contribution in [3.63, 3.8) is 0 Å². The fourth-order valence-electron chi connectivity index (χ4n) is 2.04. The molecular formula is C13H17NO3S.